The fourth-order valence-corrected chi connectivity index (χ4v) is 3.41. The zero-order valence-corrected chi connectivity index (χ0v) is 15.8. The summed E-state index contributed by atoms with van der Waals surface area (Å²) < 4.78 is 6.29. The minimum Gasteiger partial charge on any atom is -0.484 e. The molecular formula is C19H18N4O4S. The molecule has 0 aliphatic heterocycles. The third kappa shape index (κ3) is 5.27. The highest BCUT2D eigenvalue weighted by Gasteiger charge is 2.09. The summed E-state index contributed by atoms with van der Waals surface area (Å²) in [5, 5.41) is 5.91. The number of anilines is 2. The lowest BCUT2D eigenvalue weighted by molar-refractivity contribution is -0.118. The zero-order chi connectivity index (χ0) is 20.1. The summed E-state index contributed by atoms with van der Waals surface area (Å²) in [4.78, 5) is 38.4. The smallest absolute Gasteiger partial charge is 0.262 e. The number of hydrogen-bond acceptors (Lipinski definition) is 6. The zero-order valence-electron chi connectivity index (χ0n) is 15.0. The van der Waals surface area contributed by atoms with Crippen molar-refractivity contribution in [3.05, 3.63) is 48.0 Å². The van der Waals surface area contributed by atoms with Crippen molar-refractivity contribution in [2.45, 2.75) is 13.3 Å². The second kappa shape index (κ2) is 8.49. The molecule has 0 radical (unpaired) electrons. The fourth-order valence-electron chi connectivity index (χ4n) is 2.46. The minimum absolute atomic E-state index is 0.157. The molecule has 0 aliphatic carbocycles. The predicted octanol–water partition coefficient (Wildman–Crippen LogP) is 2.30. The first-order valence-electron chi connectivity index (χ1n) is 8.37. The quantitative estimate of drug-likeness (QED) is 0.563. The van der Waals surface area contributed by atoms with Crippen LogP contribution in [0.4, 0.5) is 10.8 Å². The molecule has 144 valence electrons. The van der Waals surface area contributed by atoms with Gasteiger partial charge in [0.2, 0.25) is 11.8 Å². The SMILES string of the molecule is CC(=O)Nc1nc2ccc(NC(=O)COc3ccc(CC(N)=O)cc3)cc2s1. The number of carbonyl (C=O) groups excluding carboxylic acids is 3. The van der Waals surface area contributed by atoms with Gasteiger partial charge in [0.15, 0.2) is 11.7 Å². The second-order valence-corrected chi connectivity index (χ2v) is 7.04. The maximum Gasteiger partial charge on any atom is 0.262 e. The highest BCUT2D eigenvalue weighted by atomic mass is 32.1. The molecule has 0 saturated heterocycles. The molecule has 1 heterocycles. The van der Waals surface area contributed by atoms with E-state index in [9.17, 15) is 14.4 Å². The first-order valence-corrected chi connectivity index (χ1v) is 9.19. The van der Waals surface area contributed by atoms with Crippen LogP contribution in [-0.4, -0.2) is 29.3 Å². The van der Waals surface area contributed by atoms with Gasteiger partial charge in [0.25, 0.3) is 5.91 Å². The van der Waals surface area contributed by atoms with Crippen LogP contribution in [0, 0.1) is 0 Å². The lowest BCUT2D eigenvalue weighted by Crippen LogP contribution is -2.20. The Morgan fingerprint density at radius 3 is 2.54 bits per heavy atom. The maximum absolute atomic E-state index is 12.1. The summed E-state index contributed by atoms with van der Waals surface area (Å²) in [5.41, 5.74) is 7.27. The Balaban J connectivity index is 1.56. The molecule has 8 nitrogen and oxygen atoms in total. The van der Waals surface area contributed by atoms with Gasteiger partial charge in [-0.15, -0.1) is 0 Å². The van der Waals surface area contributed by atoms with Gasteiger partial charge in [0.05, 0.1) is 16.6 Å². The van der Waals surface area contributed by atoms with Gasteiger partial charge in [-0.2, -0.15) is 0 Å². The van der Waals surface area contributed by atoms with Gasteiger partial charge in [0, 0.05) is 12.6 Å². The van der Waals surface area contributed by atoms with Crippen LogP contribution in [0.3, 0.4) is 0 Å². The molecule has 9 heteroatoms. The lowest BCUT2D eigenvalue weighted by Gasteiger charge is -2.08. The van der Waals surface area contributed by atoms with Crippen molar-refractivity contribution < 1.29 is 19.1 Å². The number of nitrogens with zero attached hydrogens (tertiary/aromatic N) is 1. The highest BCUT2D eigenvalue weighted by Crippen LogP contribution is 2.28. The number of rotatable bonds is 7. The molecule has 3 aromatic rings. The Kier molecular flexibility index (Phi) is 5.85. The molecule has 3 rings (SSSR count). The number of benzene rings is 2. The number of nitrogens with one attached hydrogen (secondary N) is 2. The summed E-state index contributed by atoms with van der Waals surface area (Å²) in [6.07, 6.45) is 0.157. The summed E-state index contributed by atoms with van der Waals surface area (Å²) in [6, 6.07) is 12.1. The van der Waals surface area contributed by atoms with E-state index < -0.39 is 5.91 Å². The normalized spacial score (nSPS) is 10.5. The van der Waals surface area contributed by atoms with Crippen molar-refractivity contribution in [3.8, 4) is 5.75 Å². The van der Waals surface area contributed by atoms with Crippen LogP contribution in [0.2, 0.25) is 0 Å². The number of hydrogen-bond donors (Lipinski definition) is 3. The van der Waals surface area contributed by atoms with Crippen LogP contribution in [0.5, 0.6) is 5.75 Å². The van der Waals surface area contributed by atoms with Gasteiger partial charge in [0.1, 0.15) is 5.75 Å². The van der Waals surface area contributed by atoms with E-state index in [0.29, 0.717) is 16.6 Å². The van der Waals surface area contributed by atoms with E-state index in [-0.39, 0.29) is 24.8 Å². The maximum atomic E-state index is 12.1. The van der Waals surface area contributed by atoms with Crippen LogP contribution >= 0.6 is 11.3 Å². The average Bonchev–Trinajstić information content (AvgIpc) is 3.01. The van der Waals surface area contributed by atoms with Crippen LogP contribution < -0.4 is 21.1 Å². The highest BCUT2D eigenvalue weighted by molar-refractivity contribution is 7.22. The third-order valence-electron chi connectivity index (χ3n) is 3.63. The van der Waals surface area contributed by atoms with Crippen LogP contribution in [0.1, 0.15) is 12.5 Å². The molecule has 0 spiro atoms. The standard InChI is InChI=1S/C19H18N4O4S/c1-11(24)21-19-23-15-7-4-13(9-16(15)28-19)22-18(26)10-27-14-5-2-12(3-6-14)8-17(20)25/h2-7,9H,8,10H2,1H3,(H2,20,25)(H,22,26)(H,21,23,24). The lowest BCUT2D eigenvalue weighted by atomic mass is 10.1. The van der Waals surface area contributed by atoms with Gasteiger partial charge >= 0.3 is 0 Å². The summed E-state index contributed by atoms with van der Waals surface area (Å²) in [5.74, 6) is -0.393. The van der Waals surface area contributed by atoms with Gasteiger partial charge < -0.3 is 21.1 Å². The van der Waals surface area contributed by atoms with Crippen molar-refractivity contribution in [1.29, 1.82) is 0 Å². The molecule has 4 N–H and O–H groups in total. The molecule has 2 aromatic carbocycles. The summed E-state index contributed by atoms with van der Waals surface area (Å²) in [6.45, 7) is 1.26. The number of amides is 3. The number of nitrogens with two attached hydrogens (primary N) is 1. The van der Waals surface area contributed by atoms with Crippen LogP contribution in [0.25, 0.3) is 10.2 Å². The monoisotopic (exact) mass is 398 g/mol. The van der Waals surface area contributed by atoms with E-state index in [0.717, 1.165) is 15.8 Å². The Morgan fingerprint density at radius 2 is 1.86 bits per heavy atom. The van der Waals surface area contributed by atoms with Gasteiger partial charge in [-0.25, -0.2) is 4.98 Å². The Bertz CT molecular complexity index is 1030. The summed E-state index contributed by atoms with van der Waals surface area (Å²) >= 11 is 1.32. The average molecular weight is 398 g/mol. The number of thiazole rings is 1. The molecule has 0 saturated carbocycles. The predicted molar refractivity (Wildman–Crippen MR) is 107 cm³/mol. The third-order valence-corrected chi connectivity index (χ3v) is 4.56. The molecule has 1 aromatic heterocycles. The Morgan fingerprint density at radius 1 is 1.11 bits per heavy atom. The molecular weight excluding hydrogens is 380 g/mol. The van der Waals surface area contributed by atoms with Crippen LogP contribution in [0.15, 0.2) is 42.5 Å². The molecule has 28 heavy (non-hydrogen) atoms. The number of fused-ring (bicyclic) bond motifs is 1. The van der Waals surface area contributed by atoms with Crippen molar-refractivity contribution in [2.75, 3.05) is 17.2 Å². The number of aromatic nitrogens is 1. The molecule has 0 fully saturated rings. The minimum atomic E-state index is -0.407. The topological polar surface area (TPSA) is 123 Å². The second-order valence-electron chi connectivity index (χ2n) is 6.01. The number of ether oxygens (including phenoxy) is 1. The molecule has 3 amide bonds. The summed E-state index contributed by atoms with van der Waals surface area (Å²) in [7, 11) is 0. The Labute approximate surface area is 164 Å². The van der Waals surface area contributed by atoms with Crippen molar-refractivity contribution in [3.63, 3.8) is 0 Å². The van der Waals surface area contributed by atoms with E-state index in [1.54, 1.807) is 42.5 Å². The fraction of sp³-hybridized carbons (Fsp3) is 0.158. The first-order chi connectivity index (χ1) is 13.4. The van der Waals surface area contributed by atoms with Gasteiger partial charge in [-0.1, -0.05) is 23.5 Å². The Hall–Kier alpha value is -3.46. The van der Waals surface area contributed by atoms with E-state index in [1.807, 2.05) is 0 Å². The number of carbonyl (C=O) groups is 3. The van der Waals surface area contributed by atoms with Gasteiger partial charge in [-0.3, -0.25) is 14.4 Å². The van der Waals surface area contributed by atoms with E-state index in [4.69, 9.17) is 10.5 Å². The number of primary amides is 1. The molecule has 0 atom stereocenters. The van der Waals surface area contributed by atoms with Crippen molar-refractivity contribution in [2.24, 2.45) is 5.73 Å². The van der Waals surface area contributed by atoms with Crippen LogP contribution in [-0.2, 0) is 20.8 Å². The first kappa shape index (κ1) is 19.3. The van der Waals surface area contributed by atoms with E-state index in [2.05, 4.69) is 15.6 Å². The van der Waals surface area contributed by atoms with Gasteiger partial charge in [-0.05, 0) is 35.9 Å². The molecule has 0 bridgehead atoms. The van der Waals surface area contributed by atoms with Crippen molar-refractivity contribution in [1.82, 2.24) is 4.98 Å². The van der Waals surface area contributed by atoms with E-state index >= 15 is 0 Å². The molecule has 0 aliphatic rings. The van der Waals surface area contributed by atoms with Crippen molar-refractivity contribution >= 4 is 50.1 Å². The molecule has 0 unspecified atom stereocenters. The largest absolute Gasteiger partial charge is 0.484 e. The van der Waals surface area contributed by atoms with E-state index in [1.165, 1.54) is 18.3 Å².